The standard InChI is InChI=1S/C29H33F3N4O2/c1-28(2,3)38-27(37)36(21-12-14-34-15-13-21)19-20-8-7-9-24(29(30,31)32)26(20)23-18-22(10-11-25(23)33)35-16-5-4-6-17-35/h7-15,18H,4-6,16-17,19,33H2,1-3H3. The van der Waals surface area contributed by atoms with Crippen molar-refractivity contribution in [3.05, 3.63) is 72.1 Å². The number of aromatic nitrogens is 1. The summed E-state index contributed by atoms with van der Waals surface area (Å²) in [4.78, 5) is 20.7. The molecule has 3 aromatic rings. The Morgan fingerprint density at radius 3 is 2.34 bits per heavy atom. The van der Waals surface area contributed by atoms with E-state index in [1.54, 1.807) is 51.1 Å². The molecule has 0 saturated carbocycles. The molecule has 0 spiro atoms. The normalized spacial score (nSPS) is 14.3. The van der Waals surface area contributed by atoms with E-state index in [1.165, 1.54) is 23.4 Å². The summed E-state index contributed by atoms with van der Waals surface area (Å²) in [6, 6.07) is 12.5. The molecule has 1 fully saturated rings. The number of hydrogen-bond acceptors (Lipinski definition) is 5. The van der Waals surface area contributed by atoms with Crippen molar-refractivity contribution in [1.82, 2.24) is 4.98 Å². The van der Waals surface area contributed by atoms with E-state index in [2.05, 4.69) is 9.88 Å². The van der Waals surface area contributed by atoms with E-state index in [4.69, 9.17) is 10.5 Å². The Morgan fingerprint density at radius 1 is 1.03 bits per heavy atom. The molecule has 6 nitrogen and oxygen atoms in total. The fourth-order valence-electron chi connectivity index (χ4n) is 4.67. The first-order chi connectivity index (χ1) is 17.9. The number of nitrogen functional groups attached to an aromatic ring is 1. The Bertz CT molecular complexity index is 1270. The van der Waals surface area contributed by atoms with Gasteiger partial charge in [0.15, 0.2) is 0 Å². The summed E-state index contributed by atoms with van der Waals surface area (Å²) >= 11 is 0. The fourth-order valence-corrected chi connectivity index (χ4v) is 4.67. The minimum Gasteiger partial charge on any atom is -0.443 e. The van der Waals surface area contributed by atoms with Crippen molar-refractivity contribution in [3.8, 4) is 11.1 Å². The predicted molar refractivity (Wildman–Crippen MR) is 144 cm³/mol. The van der Waals surface area contributed by atoms with Crippen LogP contribution in [-0.2, 0) is 17.5 Å². The molecule has 1 saturated heterocycles. The van der Waals surface area contributed by atoms with Gasteiger partial charge in [0, 0.05) is 48.0 Å². The van der Waals surface area contributed by atoms with Gasteiger partial charge in [0.1, 0.15) is 5.60 Å². The van der Waals surface area contributed by atoms with Crippen LogP contribution in [0.4, 0.5) is 35.0 Å². The molecule has 1 aromatic heterocycles. The first-order valence-corrected chi connectivity index (χ1v) is 12.7. The molecule has 1 aliphatic rings. The van der Waals surface area contributed by atoms with Gasteiger partial charge in [-0.15, -0.1) is 0 Å². The SMILES string of the molecule is CC(C)(C)OC(=O)N(Cc1cccc(C(F)(F)F)c1-c1cc(N2CCCCC2)ccc1N)c1ccncc1. The highest BCUT2D eigenvalue weighted by Gasteiger charge is 2.36. The molecule has 38 heavy (non-hydrogen) atoms. The van der Waals surface area contributed by atoms with Crippen LogP contribution in [0.1, 0.15) is 51.2 Å². The third-order valence-electron chi connectivity index (χ3n) is 6.40. The number of piperidine rings is 1. The number of anilines is 3. The van der Waals surface area contributed by atoms with E-state index >= 15 is 0 Å². The first-order valence-electron chi connectivity index (χ1n) is 12.7. The molecule has 2 aromatic carbocycles. The largest absolute Gasteiger partial charge is 0.443 e. The lowest BCUT2D eigenvalue weighted by atomic mass is 9.91. The second-order valence-corrected chi connectivity index (χ2v) is 10.4. The van der Waals surface area contributed by atoms with Gasteiger partial charge in [-0.2, -0.15) is 13.2 Å². The monoisotopic (exact) mass is 526 g/mol. The smallest absolute Gasteiger partial charge is 0.417 e. The minimum absolute atomic E-state index is 0.0426. The highest BCUT2D eigenvalue weighted by molar-refractivity contribution is 5.89. The number of rotatable bonds is 5. The molecule has 0 unspecified atom stereocenters. The van der Waals surface area contributed by atoms with Crippen LogP contribution < -0.4 is 15.5 Å². The average Bonchev–Trinajstić information content (AvgIpc) is 2.87. The van der Waals surface area contributed by atoms with Gasteiger partial charge in [-0.05, 0) is 82.0 Å². The van der Waals surface area contributed by atoms with Gasteiger partial charge < -0.3 is 15.4 Å². The van der Waals surface area contributed by atoms with E-state index in [-0.39, 0.29) is 23.4 Å². The number of benzene rings is 2. The van der Waals surface area contributed by atoms with E-state index in [9.17, 15) is 18.0 Å². The van der Waals surface area contributed by atoms with E-state index in [0.717, 1.165) is 44.1 Å². The first kappa shape index (κ1) is 27.3. The Kier molecular flexibility index (Phi) is 7.85. The highest BCUT2D eigenvalue weighted by Crippen LogP contribution is 2.43. The lowest BCUT2D eigenvalue weighted by Gasteiger charge is -2.30. The second kappa shape index (κ2) is 10.9. The summed E-state index contributed by atoms with van der Waals surface area (Å²) in [7, 11) is 0. The van der Waals surface area contributed by atoms with Crippen LogP contribution in [0.2, 0.25) is 0 Å². The summed E-state index contributed by atoms with van der Waals surface area (Å²) in [6.45, 7) is 6.72. The zero-order valence-corrected chi connectivity index (χ0v) is 21.9. The molecule has 1 amide bonds. The lowest BCUT2D eigenvalue weighted by Crippen LogP contribution is -2.36. The molecule has 0 bridgehead atoms. The van der Waals surface area contributed by atoms with Crippen molar-refractivity contribution in [2.24, 2.45) is 0 Å². The summed E-state index contributed by atoms with van der Waals surface area (Å²) in [6.07, 6.45) is 0.907. The third-order valence-corrected chi connectivity index (χ3v) is 6.40. The Balaban J connectivity index is 1.85. The van der Waals surface area contributed by atoms with Crippen LogP contribution >= 0.6 is 0 Å². The second-order valence-electron chi connectivity index (χ2n) is 10.4. The highest BCUT2D eigenvalue weighted by atomic mass is 19.4. The molecule has 0 radical (unpaired) electrons. The number of alkyl halides is 3. The minimum atomic E-state index is -4.63. The van der Waals surface area contributed by atoms with Gasteiger partial charge in [0.25, 0.3) is 0 Å². The van der Waals surface area contributed by atoms with Crippen molar-refractivity contribution in [1.29, 1.82) is 0 Å². The molecular formula is C29H33F3N4O2. The number of nitrogens with two attached hydrogens (primary N) is 1. The summed E-state index contributed by atoms with van der Waals surface area (Å²) in [5.41, 5.74) is 6.76. The lowest BCUT2D eigenvalue weighted by molar-refractivity contribution is -0.137. The van der Waals surface area contributed by atoms with Gasteiger partial charge in [0.2, 0.25) is 0 Å². The summed E-state index contributed by atoms with van der Waals surface area (Å²) < 4.78 is 48.7. The molecule has 1 aliphatic heterocycles. The van der Waals surface area contributed by atoms with Gasteiger partial charge in [0.05, 0.1) is 17.8 Å². The van der Waals surface area contributed by atoms with Crippen LogP contribution in [0, 0.1) is 0 Å². The molecule has 4 rings (SSSR count). The number of hydrogen-bond donors (Lipinski definition) is 1. The molecule has 202 valence electrons. The van der Waals surface area contributed by atoms with Crippen molar-refractivity contribution < 1.29 is 22.7 Å². The molecule has 2 N–H and O–H groups in total. The maximum atomic E-state index is 14.4. The van der Waals surface area contributed by atoms with Crippen LogP contribution in [0.5, 0.6) is 0 Å². The number of amides is 1. The molecule has 2 heterocycles. The van der Waals surface area contributed by atoms with Crippen LogP contribution in [0.25, 0.3) is 11.1 Å². The maximum Gasteiger partial charge on any atom is 0.417 e. The summed E-state index contributed by atoms with van der Waals surface area (Å²) in [5.74, 6) is 0. The van der Waals surface area contributed by atoms with E-state index in [1.807, 2.05) is 6.07 Å². The van der Waals surface area contributed by atoms with Gasteiger partial charge >= 0.3 is 12.3 Å². The number of nitrogens with zero attached hydrogens (tertiary/aromatic N) is 3. The van der Waals surface area contributed by atoms with Gasteiger partial charge in [-0.3, -0.25) is 9.88 Å². The molecule has 9 heteroatoms. The van der Waals surface area contributed by atoms with Gasteiger partial charge in [-0.25, -0.2) is 4.79 Å². The number of carbonyl (C=O) groups is 1. The van der Waals surface area contributed by atoms with Crippen molar-refractivity contribution >= 4 is 23.2 Å². The third kappa shape index (κ3) is 6.38. The molecule has 0 aliphatic carbocycles. The topological polar surface area (TPSA) is 71.7 Å². The van der Waals surface area contributed by atoms with Crippen molar-refractivity contribution in [2.75, 3.05) is 28.6 Å². The number of halogens is 3. The summed E-state index contributed by atoms with van der Waals surface area (Å²) in [5, 5.41) is 0. The Morgan fingerprint density at radius 2 is 1.71 bits per heavy atom. The predicted octanol–water partition coefficient (Wildman–Crippen LogP) is 7.28. The zero-order chi connectivity index (χ0) is 27.5. The van der Waals surface area contributed by atoms with Crippen molar-refractivity contribution in [3.63, 3.8) is 0 Å². The van der Waals surface area contributed by atoms with E-state index < -0.39 is 23.4 Å². The molecule has 0 atom stereocenters. The fraction of sp³-hybridized carbons (Fsp3) is 0.379. The Labute approximate surface area is 221 Å². The van der Waals surface area contributed by atoms with Crippen molar-refractivity contribution in [2.45, 2.75) is 58.4 Å². The average molecular weight is 527 g/mol. The van der Waals surface area contributed by atoms with Gasteiger partial charge in [-0.1, -0.05) is 12.1 Å². The Hall–Kier alpha value is -3.75. The van der Waals surface area contributed by atoms with Crippen LogP contribution in [-0.4, -0.2) is 29.8 Å². The zero-order valence-electron chi connectivity index (χ0n) is 21.9. The number of carbonyl (C=O) groups excluding carboxylic acids is 1. The number of ether oxygens (including phenoxy) is 1. The quantitative estimate of drug-likeness (QED) is 0.354. The van der Waals surface area contributed by atoms with E-state index in [0.29, 0.717) is 11.3 Å². The molecular weight excluding hydrogens is 493 g/mol. The maximum absolute atomic E-state index is 14.4. The van der Waals surface area contributed by atoms with Crippen LogP contribution in [0.3, 0.4) is 0 Å². The number of pyridine rings is 1. The van der Waals surface area contributed by atoms with Crippen LogP contribution in [0.15, 0.2) is 60.9 Å².